The van der Waals surface area contributed by atoms with Crippen LogP contribution in [0.4, 0.5) is 0 Å². The summed E-state index contributed by atoms with van der Waals surface area (Å²) < 4.78 is 0.455. The number of carboxylic acid groups (broad SMARTS) is 1. The van der Waals surface area contributed by atoms with Crippen LogP contribution in [0.25, 0.3) is 0 Å². The average Bonchev–Trinajstić information content (AvgIpc) is 2.59. The molecule has 0 fully saturated rings. The average molecular weight is 356 g/mol. The third kappa shape index (κ3) is 9.41. The first-order valence-electron chi connectivity index (χ1n) is 10.4. The van der Waals surface area contributed by atoms with Gasteiger partial charge in [-0.15, -0.1) is 0 Å². The molecule has 2 atom stereocenters. The maximum atomic E-state index is 11.9. The summed E-state index contributed by atoms with van der Waals surface area (Å²) in [4.78, 5) is 11.9. The van der Waals surface area contributed by atoms with Crippen molar-refractivity contribution in [3.05, 3.63) is 12.2 Å². The van der Waals surface area contributed by atoms with Crippen molar-refractivity contribution in [3.63, 3.8) is 0 Å². The second-order valence-corrected chi connectivity index (χ2v) is 7.32. The molecule has 2 unspecified atom stereocenters. The number of unbranched alkanes of at least 4 members (excludes halogenated alkanes) is 4. The Kier molecular flexibility index (Phi) is 13.8. The molecule has 0 saturated carbocycles. The molecule has 0 rings (SSSR count). The van der Waals surface area contributed by atoms with E-state index in [-0.39, 0.29) is 0 Å². The van der Waals surface area contributed by atoms with Gasteiger partial charge in [-0.05, 0) is 19.3 Å². The quantitative estimate of drug-likeness (QED) is 0.262. The van der Waals surface area contributed by atoms with Gasteiger partial charge in [-0.25, -0.2) is 0 Å². The first-order chi connectivity index (χ1) is 12.0. The lowest BCUT2D eigenvalue weighted by molar-refractivity contribution is -0.947. The molecule has 0 spiro atoms. The number of aliphatic hydroxyl groups excluding tert-OH is 1. The van der Waals surface area contributed by atoms with Crippen LogP contribution in [0.3, 0.4) is 0 Å². The van der Waals surface area contributed by atoms with Crippen LogP contribution in [0.15, 0.2) is 12.2 Å². The van der Waals surface area contributed by atoms with E-state index in [0.717, 1.165) is 64.5 Å². The van der Waals surface area contributed by atoms with Crippen LogP contribution >= 0.6 is 0 Å². The van der Waals surface area contributed by atoms with E-state index >= 15 is 0 Å². The Labute approximate surface area is 155 Å². The van der Waals surface area contributed by atoms with Gasteiger partial charge in [-0.3, -0.25) is 0 Å². The fourth-order valence-electron chi connectivity index (χ4n) is 3.58. The van der Waals surface area contributed by atoms with Gasteiger partial charge in [-0.1, -0.05) is 72.0 Å². The monoisotopic (exact) mass is 355 g/mol. The van der Waals surface area contributed by atoms with Crippen LogP contribution < -0.4 is 5.11 Å². The Morgan fingerprint density at radius 2 is 1.56 bits per heavy atom. The summed E-state index contributed by atoms with van der Waals surface area (Å²) in [5.41, 5.74) is 0. The van der Waals surface area contributed by atoms with Gasteiger partial charge in [0.05, 0.1) is 19.1 Å². The second-order valence-electron chi connectivity index (χ2n) is 7.32. The number of carboxylic acids is 1. The van der Waals surface area contributed by atoms with Crippen molar-refractivity contribution in [2.75, 3.05) is 19.6 Å². The van der Waals surface area contributed by atoms with Crippen LogP contribution in [0.2, 0.25) is 0 Å². The summed E-state index contributed by atoms with van der Waals surface area (Å²) in [6.07, 6.45) is 12.0. The SMILES string of the molecule is CCCC/C=C/C(O)C[N+](CCCC)(CCCC)C(CCC)C(=O)[O-]. The summed E-state index contributed by atoms with van der Waals surface area (Å²) in [6.45, 7) is 10.5. The molecule has 0 aliphatic heterocycles. The predicted octanol–water partition coefficient (Wildman–Crippen LogP) is 3.43. The Morgan fingerprint density at radius 3 is 2.00 bits per heavy atom. The van der Waals surface area contributed by atoms with Gasteiger partial charge in [0.15, 0.2) is 0 Å². The van der Waals surface area contributed by atoms with E-state index in [9.17, 15) is 15.0 Å². The molecule has 0 aromatic heterocycles. The highest BCUT2D eigenvalue weighted by atomic mass is 16.4. The standard InChI is InChI=1S/C21H41NO3/c1-5-9-12-13-15-19(23)18-22(16-10-6-2,17-11-7-3)20(14-8-4)21(24)25/h13,15,19-20,23H,5-12,14,16-18H2,1-4H3/b15-13+. The number of hydrogen-bond acceptors (Lipinski definition) is 3. The van der Waals surface area contributed by atoms with Crippen LogP contribution in [-0.4, -0.2) is 47.3 Å². The van der Waals surface area contributed by atoms with Crippen molar-refractivity contribution < 1.29 is 19.5 Å². The normalized spacial score (nSPS) is 14.8. The van der Waals surface area contributed by atoms with Gasteiger partial charge in [-0.2, -0.15) is 0 Å². The lowest BCUT2D eigenvalue weighted by Gasteiger charge is -2.46. The fraction of sp³-hybridized carbons (Fsp3) is 0.857. The zero-order chi connectivity index (χ0) is 19.1. The number of aliphatic hydroxyl groups is 1. The molecule has 0 heterocycles. The van der Waals surface area contributed by atoms with Gasteiger partial charge in [0, 0.05) is 6.42 Å². The largest absolute Gasteiger partial charge is 0.544 e. The van der Waals surface area contributed by atoms with E-state index in [4.69, 9.17) is 0 Å². The summed E-state index contributed by atoms with van der Waals surface area (Å²) in [7, 11) is 0. The molecule has 0 radical (unpaired) electrons. The molecular weight excluding hydrogens is 314 g/mol. The lowest BCUT2D eigenvalue weighted by atomic mass is 10.0. The zero-order valence-corrected chi connectivity index (χ0v) is 17.0. The van der Waals surface area contributed by atoms with Crippen LogP contribution in [0.5, 0.6) is 0 Å². The van der Waals surface area contributed by atoms with Gasteiger partial charge in [0.2, 0.25) is 0 Å². The van der Waals surface area contributed by atoms with E-state index in [2.05, 4.69) is 20.8 Å². The van der Waals surface area contributed by atoms with E-state index in [0.29, 0.717) is 17.4 Å². The van der Waals surface area contributed by atoms with Gasteiger partial charge < -0.3 is 19.5 Å². The molecule has 0 aromatic rings. The van der Waals surface area contributed by atoms with Crippen LogP contribution in [-0.2, 0) is 4.79 Å². The number of nitrogens with zero attached hydrogens (tertiary/aromatic N) is 1. The molecule has 0 amide bonds. The Morgan fingerprint density at radius 1 is 1.00 bits per heavy atom. The van der Waals surface area contributed by atoms with Crippen molar-refractivity contribution in [1.29, 1.82) is 0 Å². The molecule has 25 heavy (non-hydrogen) atoms. The second kappa shape index (κ2) is 14.3. The summed E-state index contributed by atoms with van der Waals surface area (Å²) in [5.74, 6) is -0.962. The zero-order valence-electron chi connectivity index (χ0n) is 17.0. The first-order valence-corrected chi connectivity index (χ1v) is 10.4. The van der Waals surface area contributed by atoms with Crippen LogP contribution in [0, 0.1) is 0 Å². The fourth-order valence-corrected chi connectivity index (χ4v) is 3.58. The number of allylic oxidation sites excluding steroid dienone is 1. The molecule has 1 N–H and O–H groups in total. The third-order valence-corrected chi connectivity index (χ3v) is 5.04. The number of carbonyl (C=O) groups excluding carboxylic acids is 1. The van der Waals surface area contributed by atoms with Gasteiger partial charge in [0.1, 0.15) is 18.7 Å². The van der Waals surface area contributed by atoms with Crippen molar-refractivity contribution in [1.82, 2.24) is 0 Å². The maximum Gasteiger partial charge on any atom is 0.129 e. The smallest absolute Gasteiger partial charge is 0.129 e. The Balaban J connectivity index is 5.40. The topological polar surface area (TPSA) is 60.4 Å². The van der Waals surface area contributed by atoms with E-state index in [1.54, 1.807) is 0 Å². The number of hydrogen-bond donors (Lipinski definition) is 1. The van der Waals surface area contributed by atoms with Crippen molar-refractivity contribution in [2.45, 2.75) is 97.6 Å². The molecule has 148 valence electrons. The number of rotatable bonds is 16. The molecular formula is C21H41NO3. The number of quaternary nitrogens is 1. The molecule has 0 bridgehead atoms. The van der Waals surface area contributed by atoms with E-state index < -0.39 is 18.1 Å². The maximum absolute atomic E-state index is 11.9. The molecule has 0 aromatic carbocycles. The molecule has 0 aliphatic rings. The summed E-state index contributed by atoms with van der Waals surface area (Å²) >= 11 is 0. The van der Waals surface area contributed by atoms with E-state index in [1.807, 2.05) is 19.1 Å². The van der Waals surface area contributed by atoms with Crippen molar-refractivity contribution in [3.8, 4) is 0 Å². The molecule has 4 nitrogen and oxygen atoms in total. The number of aliphatic carboxylic acids is 1. The van der Waals surface area contributed by atoms with Crippen LogP contribution in [0.1, 0.15) is 85.5 Å². The van der Waals surface area contributed by atoms with Crippen molar-refractivity contribution in [2.24, 2.45) is 0 Å². The highest BCUT2D eigenvalue weighted by Gasteiger charge is 2.37. The Bertz CT molecular complexity index is 360. The third-order valence-electron chi connectivity index (χ3n) is 5.04. The minimum Gasteiger partial charge on any atom is -0.544 e. The first kappa shape index (κ1) is 24.1. The Hall–Kier alpha value is -0.870. The molecule has 0 aliphatic carbocycles. The molecule has 0 saturated heterocycles. The minimum atomic E-state index is -0.962. The van der Waals surface area contributed by atoms with Gasteiger partial charge >= 0.3 is 0 Å². The summed E-state index contributed by atoms with van der Waals surface area (Å²) in [6, 6.07) is -0.526. The highest BCUT2D eigenvalue weighted by molar-refractivity contribution is 5.69. The predicted molar refractivity (Wildman–Crippen MR) is 103 cm³/mol. The molecule has 4 heteroatoms. The number of carbonyl (C=O) groups is 1. The minimum absolute atomic E-state index is 0.455. The lowest BCUT2D eigenvalue weighted by Crippen LogP contribution is -2.64. The van der Waals surface area contributed by atoms with Crippen molar-refractivity contribution >= 4 is 5.97 Å². The van der Waals surface area contributed by atoms with E-state index in [1.165, 1.54) is 0 Å². The highest BCUT2D eigenvalue weighted by Crippen LogP contribution is 2.23. The summed E-state index contributed by atoms with van der Waals surface area (Å²) in [5, 5.41) is 22.5. The van der Waals surface area contributed by atoms with Gasteiger partial charge in [0.25, 0.3) is 0 Å².